The standard InChI is InChI=1S/C14H21NO/c1-4-16-13-7-5-6-12-11(13)8-9-15-14(12)10(2)3/h5-7,10,14-15H,4,8-9H2,1-3H3. The zero-order chi connectivity index (χ0) is 11.5. The fraction of sp³-hybridized carbons (Fsp3) is 0.571. The van der Waals surface area contributed by atoms with Gasteiger partial charge in [-0.15, -0.1) is 0 Å². The summed E-state index contributed by atoms with van der Waals surface area (Å²) in [6, 6.07) is 6.90. The van der Waals surface area contributed by atoms with Gasteiger partial charge in [0.15, 0.2) is 0 Å². The van der Waals surface area contributed by atoms with E-state index in [2.05, 4.69) is 37.4 Å². The van der Waals surface area contributed by atoms with Crippen LogP contribution in [0.1, 0.15) is 37.9 Å². The quantitative estimate of drug-likeness (QED) is 0.844. The minimum absolute atomic E-state index is 0.476. The third-order valence-corrected chi connectivity index (χ3v) is 3.21. The number of fused-ring (bicyclic) bond motifs is 1. The van der Waals surface area contributed by atoms with Crippen LogP contribution in [0.3, 0.4) is 0 Å². The predicted octanol–water partition coefficient (Wildman–Crippen LogP) is 2.93. The summed E-state index contributed by atoms with van der Waals surface area (Å²) in [7, 11) is 0. The van der Waals surface area contributed by atoms with Crippen LogP contribution in [0.15, 0.2) is 18.2 Å². The van der Waals surface area contributed by atoms with Gasteiger partial charge in [0.25, 0.3) is 0 Å². The van der Waals surface area contributed by atoms with Crippen molar-refractivity contribution in [1.82, 2.24) is 5.32 Å². The lowest BCUT2D eigenvalue weighted by Gasteiger charge is -2.31. The predicted molar refractivity (Wildman–Crippen MR) is 66.9 cm³/mol. The van der Waals surface area contributed by atoms with E-state index in [9.17, 15) is 0 Å². The number of nitrogens with one attached hydrogen (secondary N) is 1. The summed E-state index contributed by atoms with van der Waals surface area (Å²) in [4.78, 5) is 0. The Balaban J connectivity index is 2.38. The number of hydrogen-bond acceptors (Lipinski definition) is 2. The molecule has 2 heteroatoms. The molecule has 0 fully saturated rings. The molecule has 2 rings (SSSR count). The number of rotatable bonds is 3. The Kier molecular flexibility index (Phi) is 3.49. The summed E-state index contributed by atoms with van der Waals surface area (Å²) in [5.74, 6) is 1.70. The molecule has 1 aliphatic heterocycles. The van der Waals surface area contributed by atoms with Crippen LogP contribution in [-0.2, 0) is 6.42 Å². The molecule has 1 aromatic carbocycles. The van der Waals surface area contributed by atoms with Gasteiger partial charge in [-0.1, -0.05) is 26.0 Å². The highest BCUT2D eigenvalue weighted by molar-refractivity contribution is 5.43. The van der Waals surface area contributed by atoms with Gasteiger partial charge in [-0.25, -0.2) is 0 Å². The van der Waals surface area contributed by atoms with E-state index in [0.29, 0.717) is 12.0 Å². The van der Waals surface area contributed by atoms with E-state index in [0.717, 1.165) is 25.3 Å². The minimum Gasteiger partial charge on any atom is -0.494 e. The lowest BCUT2D eigenvalue weighted by Crippen LogP contribution is -2.33. The van der Waals surface area contributed by atoms with Crippen molar-refractivity contribution in [1.29, 1.82) is 0 Å². The van der Waals surface area contributed by atoms with Crippen LogP contribution < -0.4 is 10.1 Å². The van der Waals surface area contributed by atoms with Gasteiger partial charge in [0.2, 0.25) is 0 Å². The maximum atomic E-state index is 5.70. The van der Waals surface area contributed by atoms with Crippen molar-refractivity contribution < 1.29 is 4.74 Å². The average molecular weight is 219 g/mol. The normalized spacial score (nSPS) is 19.6. The monoisotopic (exact) mass is 219 g/mol. The summed E-state index contributed by atoms with van der Waals surface area (Å²) in [5, 5.41) is 3.59. The zero-order valence-corrected chi connectivity index (χ0v) is 10.4. The fourth-order valence-electron chi connectivity index (χ4n) is 2.49. The summed E-state index contributed by atoms with van der Waals surface area (Å²) in [6.45, 7) is 8.37. The van der Waals surface area contributed by atoms with Gasteiger partial charge in [-0.2, -0.15) is 0 Å². The molecule has 0 amide bonds. The van der Waals surface area contributed by atoms with Crippen molar-refractivity contribution in [3.8, 4) is 5.75 Å². The molecule has 0 saturated heterocycles. The summed E-state index contributed by atoms with van der Waals surface area (Å²) in [5.41, 5.74) is 2.83. The van der Waals surface area contributed by atoms with Gasteiger partial charge < -0.3 is 10.1 Å². The molecule has 1 heterocycles. The first-order valence-corrected chi connectivity index (χ1v) is 6.22. The van der Waals surface area contributed by atoms with Crippen molar-refractivity contribution in [3.05, 3.63) is 29.3 Å². The SMILES string of the molecule is CCOc1cccc2c1CCNC2C(C)C. The third kappa shape index (κ3) is 2.07. The average Bonchev–Trinajstić information content (AvgIpc) is 2.29. The summed E-state index contributed by atoms with van der Waals surface area (Å²) >= 11 is 0. The van der Waals surface area contributed by atoms with Crippen molar-refractivity contribution in [2.45, 2.75) is 33.2 Å². The molecule has 1 aromatic rings. The summed E-state index contributed by atoms with van der Waals surface area (Å²) in [6.07, 6.45) is 1.08. The van der Waals surface area contributed by atoms with Crippen molar-refractivity contribution in [3.63, 3.8) is 0 Å². The van der Waals surface area contributed by atoms with E-state index in [1.807, 2.05) is 6.92 Å². The van der Waals surface area contributed by atoms with E-state index in [-0.39, 0.29) is 0 Å². The molecule has 0 bridgehead atoms. The molecule has 16 heavy (non-hydrogen) atoms. The molecular weight excluding hydrogens is 198 g/mol. The van der Waals surface area contributed by atoms with Gasteiger partial charge >= 0.3 is 0 Å². The Morgan fingerprint density at radius 2 is 2.25 bits per heavy atom. The Morgan fingerprint density at radius 1 is 1.44 bits per heavy atom. The smallest absolute Gasteiger partial charge is 0.122 e. The van der Waals surface area contributed by atoms with E-state index in [1.54, 1.807) is 0 Å². The van der Waals surface area contributed by atoms with Crippen LogP contribution in [-0.4, -0.2) is 13.2 Å². The molecule has 2 nitrogen and oxygen atoms in total. The molecule has 0 radical (unpaired) electrons. The van der Waals surface area contributed by atoms with Gasteiger partial charge in [-0.3, -0.25) is 0 Å². The Bertz CT molecular complexity index is 360. The summed E-state index contributed by atoms with van der Waals surface area (Å²) < 4.78 is 5.70. The maximum absolute atomic E-state index is 5.70. The van der Waals surface area contributed by atoms with Crippen molar-refractivity contribution in [2.24, 2.45) is 5.92 Å². The first-order chi connectivity index (χ1) is 7.74. The molecular formula is C14H21NO. The van der Waals surface area contributed by atoms with Gasteiger partial charge in [0.05, 0.1) is 6.61 Å². The van der Waals surface area contributed by atoms with Crippen LogP contribution in [0.25, 0.3) is 0 Å². The van der Waals surface area contributed by atoms with Gasteiger partial charge in [-0.05, 0) is 37.4 Å². The second kappa shape index (κ2) is 4.88. The van der Waals surface area contributed by atoms with Crippen LogP contribution in [0.4, 0.5) is 0 Å². The first-order valence-electron chi connectivity index (χ1n) is 6.22. The van der Waals surface area contributed by atoms with E-state index < -0.39 is 0 Å². The van der Waals surface area contributed by atoms with E-state index >= 15 is 0 Å². The lowest BCUT2D eigenvalue weighted by molar-refractivity contribution is 0.327. The fourth-order valence-corrected chi connectivity index (χ4v) is 2.49. The Morgan fingerprint density at radius 3 is 2.94 bits per heavy atom. The van der Waals surface area contributed by atoms with Crippen LogP contribution in [0.5, 0.6) is 5.75 Å². The van der Waals surface area contributed by atoms with Crippen molar-refractivity contribution >= 4 is 0 Å². The van der Waals surface area contributed by atoms with Gasteiger partial charge in [0, 0.05) is 11.6 Å². The highest BCUT2D eigenvalue weighted by Gasteiger charge is 2.24. The van der Waals surface area contributed by atoms with Crippen LogP contribution in [0.2, 0.25) is 0 Å². The molecule has 0 saturated carbocycles. The Hall–Kier alpha value is -1.02. The largest absolute Gasteiger partial charge is 0.494 e. The van der Waals surface area contributed by atoms with Crippen LogP contribution >= 0.6 is 0 Å². The van der Waals surface area contributed by atoms with E-state index in [4.69, 9.17) is 4.74 Å². The molecule has 0 aliphatic carbocycles. The molecule has 1 N–H and O–H groups in total. The third-order valence-electron chi connectivity index (χ3n) is 3.21. The molecule has 1 atom stereocenters. The maximum Gasteiger partial charge on any atom is 0.122 e. The highest BCUT2D eigenvalue weighted by atomic mass is 16.5. The van der Waals surface area contributed by atoms with Crippen molar-refractivity contribution in [2.75, 3.05) is 13.2 Å². The zero-order valence-electron chi connectivity index (χ0n) is 10.4. The second-order valence-corrected chi connectivity index (χ2v) is 4.68. The highest BCUT2D eigenvalue weighted by Crippen LogP contribution is 2.33. The minimum atomic E-state index is 0.476. The number of benzene rings is 1. The molecule has 0 spiro atoms. The topological polar surface area (TPSA) is 21.3 Å². The Labute approximate surface area is 98.0 Å². The second-order valence-electron chi connectivity index (χ2n) is 4.68. The first kappa shape index (κ1) is 11.5. The molecule has 0 aromatic heterocycles. The molecule has 88 valence electrons. The van der Waals surface area contributed by atoms with Crippen LogP contribution in [0, 0.1) is 5.92 Å². The number of ether oxygens (including phenoxy) is 1. The van der Waals surface area contributed by atoms with E-state index in [1.165, 1.54) is 11.1 Å². The molecule has 1 aliphatic rings. The molecule has 1 unspecified atom stereocenters. The van der Waals surface area contributed by atoms with Gasteiger partial charge in [0.1, 0.15) is 5.75 Å². The lowest BCUT2D eigenvalue weighted by atomic mass is 9.87. The number of hydrogen-bond donors (Lipinski definition) is 1.